The number of amides is 1. The lowest BCUT2D eigenvalue weighted by Crippen LogP contribution is -2.46. The van der Waals surface area contributed by atoms with Crippen LogP contribution in [0.2, 0.25) is 0 Å². The molecule has 0 unspecified atom stereocenters. The number of amidine groups is 1. The van der Waals surface area contributed by atoms with Gasteiger partial charge in [0.1, 0.15) is 5.41 Å². The predicted octanol–water partition coefficient (Wildman–Crippen LogP) is 2.79. The molecule has 110 valence electrons. The number of anilines is 1. The molecule has 5 nitrogen and oxygen atoms in total. The summed E-state index contributed by atoms with van der Waals surface area (Å²) in [5, 5.41) is 14.9. The highest BCUT2D eigenvalue weighted by Crippen LogP contribution is 2.29. The van der Waals surface area contributed by atoms with E-state index in [9.17, 15) is 4.79 Å². The van der Waals surface area contributed by atoms with E-state index in [1.165, 1.54) is 0 Å². The van der Waals surface area contributed by atoms with Crippen molar-refractivity contribution in [1.82, 2.24) is 0 Å². The summed E-state index contributed by atoms with van der Waals surface area (Å²) in [6, 6.07) is 5.85. The fraction of sp³-hybridized carbons (Fsp3) is 0.467. The molecule has 0 fully saturated rings. The first-order chi connectivity index (χ1) is 9.41. The van der Waals surface area contributed by atoms with Crippen LogP contribution in [-0.2, 0) is 4.79 Å². The van der Waals surface area contributed by atoms with Gasteiger partial charge in [0.2, 0.25) is 5.91 Å². The number of hydrogen-bond acceptors (Lipinski definition) is 3. The van der Waals surface area contributed by atoms with E-state index < -0.39 is 5.41 Å². The number of benzene rings is 1. The van der Waals surface area contributed by atoms with Crippen molar-refractivity contribution in [2.24, 2.45) is 16.3 Å². The molecule has 0 saturated carbocycles. The molecule has 0 bridgehead atoms. The Kier molecular flexibility index (Phi) is 5.13. The summed E-state index contributed by atoms with van der Waals surface area (Å²) >= 11 is 0. The summed E-state index contributed by atoms with van der Waals surface area (Å²) in [5.41, 5.74) is 7.55. The molecule has 1 aromatic carbocycles. The van der Waals surface area contributed by atoms with Gasteiger partial charge in [-0.1, -0.05) is 31.1 Å². The zero-order valence-corrected chi connectivity index (χ0v) is 12.5. The lowest BCUT2D eigenvalue weighted by Gasteiger charge is -2.29. The second kappa shape index (κ2) is 6.41. The predicted molar refractivity (Wildman–Crippen MR) is 81.0 cm³/mol. The summed E-state index contributed by atoms with van der Waals surface area (Å²) in [7, 11) is 0. The molecule has 0 heterocycles. The Balaban J connectivity index is 3.12. The van der Waals surface area contributed by atoms with Gasteiger partial charge in [-0.2, -0.15) is 0 Å². The van der Waals surface area contributed by atoms with Gasteiger partial charge in [0.05, 0.1) is 0 Å². The average Bonchev–Trinajstić information content (AvgIpc) is 2.44. The SMILES string of the molecule is CCC(CC)(C(=O)Nc1cc(C)ccc1C)C(N)=NO. The topological polar surface area (TPSA) is 87.7 Å². The maximum absolute atomic E-state index is 12.6. The Bertz CT molecular complexity index is 520. The summed E-state index contributed by atoms with van der Waals surface area (Å²) in [4.78, 5) is 12.6. The molecule has 0 aromatic heterocycles. The van der Waals surface area contributed by atoms with Crippen LogP contribution in [-0.4, -0.2) is 17.0 Å². The minimum atomic E-state index is -0.981. The van der Waals surface area contributed by atoms with E-state index in [0.717, 1.165) is 16.8 Å². The first-order valence-electron chi connectivity index (χ1n) is 6.78. The minimum absolute atomic E-state index is 0.0506. The average molecular weight is 277 g/mol. The van der Waals surface area contributed by atoms with Crippen LogP contribution in [0.25, 0.3) is 0 Å². The van der Waals surface area contributed by atoms with Crippen molar-refractivity contribution in [2.45, 2.75) is 40.5 Å². The molecule has 0 aliphatic heterocycles. The van der Waals surface area contributed by atoms with E-state index in [1.807, 2.05) is 45.9 Å². The molecule has 1 amide bonds. The molecule has 0 atom stereocenters. The lowest BCUT2D eigenvalue weighted by atomic mass is 9.80. The van der Waals surface area contributed by atoms with Crippen molar-refractivity contribution in [1.29, 1.82) is 0 Å². The van der Waals surface area contributed by atoms with E-state index in [-0.39, 0.29) is 11.7 Å². The first kappa shape index (κ1) is 16.0. The van der Waals surface area contributed by atoms with Crippen LogP contribution < -0.4 is 11.1 Å². The molecular formula is C15H23N3O2. The lowest BCUT2D eigenvalue weighted by molar-refractivity contribution is -0.122. The molecule has 0 spiro atoms. The number of nitrogens with two attached hydrogens (primary N) is 1. The fourth-order valence-corrected chi connectivity index (χ4v) is 2.26. The van der Waals surface area contributed by atoms with E-state index in [4.69, 9.17) is 10.9 Å². The fourth-order valence-electron chi connectivity index (χ4n) is 2.26. The van der Waals surface area contributed by atoms with Crippen LogP contribution >= 0.6 is 0 Å². The largest absolute Gasteiger partial charge is 0.409 e. The van der Waals surface area contributed by atoms with Gasteiger partial charge in [0.15, 0.2) is 5.84 Å². The number of aryl methyl sites for hydroxylation is 2. The summed E-state index contributed by atoms with van der Waals surface area (Å²) in [6.07, 6.45) is 0.937. The molecular weight excluding hydrogens is 254 g/mol. The van der Waals surface area contributed by atoms with E-state index in [1.54, 1.807) is 0 Å². The molecule has 20 heavy (non-hydrogen) atoms. The van der Waals surface area contributed by atoms with Crippen molar-refractivity contribution < 1.29 is 10.0 Å². The molecule has 0 aliphatic rings. The normalized spacial score (nSPS) is 12.3. The standard InChI is InChI=1S/C15H23N3O2/c1-5-15(6-2,13(16)18-20)14(19)17-12-9-10(3)7-8-11(12)4/h7-9,20H,5-6H2,1-4H3,(H2,16,18)(H,17,19). The van der Waals surface area contributed by atoms with E-state index >= 15 is 0 Å². The number of rotatable bonds is 5. The highest BCUT2D eigenvalue weighted by molar-refractivity contribution is 6.12. The number of nitrogens with zero attached hydrogens (tertiary/aromatic N) is 1. The van der Waals surface area contributed by atoms with Crippen molar-refractivity contribution in [2.75, 3.05) is 5.32 Å². The van der Waals surface area contributed by atoms with Gasteiger partial charge in [-0.05, 0) is 43.9 Å². The number of oxime groups is 1. The summed E-state index contributed by atoms with van der Waals surface area (Å²) in [6.45, 7) is 7.60. The molecule has 1 aromatic rings. The first-order valence-corrected chi connectivity index (χ1v) is 6.78. The highest BCUT2D eigenvalue weighted by atomic mass is 16.4. The minimum Gasteiger partial charge on any atom is -0.409 e. The van der Waals surface area contributed by atoms with Crippen LogP contribution in [0.1, 0.15) is 37.8 Å². The van der Waals surface area contributed by atoms with E-state index in [0.29, 0.717) is 12.8 Å². The van der Waals surface area contributed by atoms with Crippen LogP contribution in [0, 0.1) is 19.3 Å². The van der Waals surface area contributed by atoms with E-state index in [2.05, 4.69) is 10.5 Å². The Hall–Kier alpha value is -2.04. The second-order valence-corrected chi connectivity index (χ2v) is 5.05. The molecule has 1 rings (SSSR count). The van der Waals surface area contributed by atoms with Gasteiger partial charge in [0.25, 0.3) is 0 Å². The summed E-state index contributed by atoms with van der Waals surface area (Å²) < 4.78 is 0. The number of carbonyl (C=O) groups is 1. The van der Waals surface area contributed by atoms with Gasteiger partial charge >= 0.3 is 0 Å². The van der Waals surface area contributed by atoms with Gasteiger partial charge in [-0.15, -0.1) is 0 Å². The molecule has 5 heteroatoms. The van der Waals surface area contributed by atoms with Crippen LogP contribution in [0.5, 0.6) is 0 Å². The van der Waals surface area contributed by atoms with Crippen molar-refractivity contribution in [3.8, 4) is 0 Å². The van der Waals surface area contributed by atoms with Crippen LogP contribution in [0.3, 0.4) is 0 Å². The molecule has 0 saturated heterocycles. The quantitative estimate of drug-likeness (QED) is 0.335. The third-order valence-corrected chi connectivity index (χ3v) is 3.88. The Labute approximate surface area is 119 Å². The molecule has 0 radical (unpaired) electrons. The van der Waals surface area contributed by atoms with Crippen molar-refractivity contribution >= 4 is 17.4 Å². The van der Waals surface area contributed by atoms with Crippen molar-refractivity contribution in [3.63, 3.8) is 0 Å². The Morgan fingerprint density at radius 3 is 2.45 bits per heavy atom. The zero-order valence-electron chi connectivity index (χ0n) is 12.5. The second-order valence-electron chi connectivity index (χ2n) is 5.05. The highest BCUT2D eigenvalue weighted by Gasteiger charge is 2.39. The maximum Gasteiger partial charge on any atom is 0.238 e. The smallest absolute Gasteiger partial charge is 0.238 e. The number of carbonyl (C=O) groups excluding carboxylic acids is 1. The van der Waals surface area contributed by atoms with Gasteiger partial charge < -0.3 is 16.3 Å². The van der Waals surface area contributed by atoms with Crippen LogP contribution in [0.15, 0.2) is 23.4 Å². The van der Waals surface area contributed by atoms with Crippen molar-refractivity contribution in [3.05, 3.63) is 29.3 Å². The number of hydrogen-bond donors (Lipinski definition) is 3. The number of nitrogens with one attached hydrogen (secondary N) is 1. The van der Waals surface area contributed by atoms with Gasteiger partial charge in [-0.3, -0.25) is 4.79 Å². The summed E-state index contributed by atoms with van der Waals surface area (Å²) in [5.74, 6) is -0.295. The van der Waals surface area contributed by atoms with Crippen LogP contribution in [0.4, 0.5) is 5.69 Å². The van der Waals surface area contributed by atoms with Gasteiger partial charge in [0, 0.05) is 5.69 Å². The molecule has 4 N–H and O–H groups in total. The zero-order chi connectivity index (χ0) is 15.3. The molecule has 0 aliphatic carbocycles. The third-order valence-electron chi connectivity index (χ3n) is 3.88. The monoisotopic (exact) mass is 277 g/mol. The Morgan fingerprint density at radius 2 is 1.95 bits per heavy atom. The maximum atomic E-state index is 12.6. The van der Waals surface area contributed by atoms with Gasteiger partial charge in [-0.25, -0.2) is 0 Å². The Morgan fingerprint density at radius 1 is 1.35 bits per heavy atom. The third kappa shape index (κ3) is 2.92.